The van der Waals surface area contributed by atoms with Crippen molar-refractivity contribution < 1.29 is 23.5 Å². The van der Waals surface area contributed by atoms with Crippen LogP contribution in [0.1, 0.15) is 35.2 Å². The summed E-state index contributed by atoms with van der Waals surface area (Å²) in [5.74, 6) is -3.05. The summed E-state index contributed by atoms with van der Waals surface area (Å²) >= 11 is 2.15. The molecular formula is C19H19F2IN2O3. The highest BCUT2D eigenvalue weighted by atomic mass is 127. The molecule has 3 rings (SSSR count). The van der Waals surface area contributed by atoms with E-state index in [9.17, 15) is 18.7 Å². The molecule has 0 radical (unpaired) electrons. The van der Waals surface area contributed by atoms with Crippen molar-refractivity contribution in [2.45, 2.75) is 32.5 Å². The van der Waals surface area contributed by atoms with E-state index in [1.807, 2.05) is 19.1 Å². The van der Waals surface area contributed by atoms with Crippen molar-refractivity contribution in [3.05, 3.63) is 56.7 Å². The van der Waals surface area contributed by atoms with Crippen molar-refractivity contribution in [3.8, 4) is 0 Å². The van der Waals surface area contributed by atoms with Crippen molar-refractivity contribution >= 4 is 39.9 Å². The molecule has 1 aliphatic rings. The van der Waals surface area contributed by atoms with E-state index in [4.69, 9.17) is 4.84 Å². The van der Waals surface area contributed by atoms with Crippen LogP contribution in [0, 0.1) is 28.0 Å². The molecular weight excluding hydrogens is 469 g/mol. The van der Waals surface area contributed by atoms with Gasteiger partial charge in [0.15, 0.2) is 17.9 Å². The van der Waals surface area contributed by atoms with Gasteiger partial charge in [0.2, 0.25) is 0 Å². The van der Waals surface area contributed by atoms with Gasteiger partial charge in [0.1, 0.15) is 0 Å². The molecule has 1 amide bonds. The normalized spacial score (nSPS) is 15.1. The zero-order valence-corrected chi connectivity index (χ0v) is 16.7. The Labute approximate surface area is 169 Å². The number of benzene rings is 2. The van der Waals surface area contributed by atoms with Crippen molar-refractivity contribution in [3.63, 3.8) is 0 Å². The molecule has 0 saturated heterocycles. The van der Waals surface area contributed by atoms with Gasteiger partial charge in [0.25, 0.3) is 5.91 Å². The average molecular weight is 488 g/mol. The maximum atomic E-state index is 14.4. The van der Waals surface area contributed by atoms with E-state index >= 15 is 0 Å². The molecule has 0 aromatic heterocycles. The van der Waals surface area contributed by atoms with E-state index in [1.165, 1.54) is 0 Å². The molecule has 2 aromatic carbocycles. The molecule has 0 spiro atoms. The Hall–Kier alpha value is -1.78. The van der Waals surface area contributed by atoms with Crippen LogP contribution in [0.5, 0.6) is 0 Å². The summed E-state index contributed by atoms with van der Waals surface area (Å²) in [5.41, 5.74) is 3.06. The predicted molar refractivity (Wildman–Crippen MR) is 105 cm³/mol. The number of rotatable bonds is 6. The topological polar surface area (TPSA) is 70.6 Å². The summed E-state index contributed by atoms with van der Waals surface area (Å²) in [5, 5.41) is 12.6. The second kappa shape index (κ2) is 8.49. The van der Waals surface area contributed by atoms with Crippen molar-refractivity contribution in [2.75, 3.05) is 5.32 Å². The number of halogens is 3. The van der Waals surface area contributed by atoms with Gasteiger partial charge in [0, 0.05) is 15.2 Å². The Bertz CT molecular complexity index is 859. The first-order valence-electron chi connectivity index (χ1n) is 8.52. The van der Waals surface area contributed by atoms with Crippen LogP contribution in [-0.2, 0) is 4.84 Å². The SMILES string of the molecule is Cc1cc(I)ccc1Nc1c(C(=O)NOC(O)C2CCC2)ccc(F)c1F. The first-order valence-corrected chi connectivity index (χ1v) is 9.60. The van der Waals surface area contributed by atoms with E-state index in [0.29, 0.717) is 5.69 Å². The third-order valence-corrected chi connectivity index (χ3v) is 5.28. The van der Waals surface area contributed by atoms with Gasteiger partial charge in [-0.25, -0.2) is 19.1 Å². The van der Waals surface area contributed by atoms with E-state index in [1.54, 1.807) is 6.07 Å². The number of nitrogens with one attached hydrogen (secondary N) is 2. The van der Waals surface area contributed by atoms with E-state index in [-0.39, 0.29) is 17.2 Å². The van der Waals surface area contributed by atoms with Crippen molar-refractivity contribution in [1.82, 2.24) is 5.48 Å². The number of anilines is 2. The molecule has 1 atom stereocenters. The minimum absolute atomic E-state index is 0.0257. The lowest BCUT2D eigenvalue weighted by Gasteiger charge is -2.29. The monoisotopic (exact) mass is 488 g/mol. The summed E-state index contributed by atoms with van der Waals surface area (Å²) in [4.78, 5) is 17.4. The number of aliphatic hydroxyl groups is 1. The Morgan fingerprint density at radius 3 is 2.67 bits per heavy atom. The third kappa shape index (κ3) is 4.56. The van der Waals surface area contributed by atoms with Gasteiger partial charge in [-0.05, 0) is 78.3 Å². The molecule has 2 aromatic rings. The second-order valence-corrected chi connectivity index (χ2v) is 7.74. The van der Waals surface area contributed by atoms with Gasteiger partial charge in [-0.3, -0.25) is 4.79 Å². The fourth-order valence-corrected chi connectivity index (χ4v) is 3.40. The fraction of sp³-hybridized carbons (Fsp3) is 0.316. The van der Waals surface area contributed by atoms with Crippen LogP contribution in [0.2, 0.25) is 0 Å². The number of hydrogen-bond acceptors (Lipinski definition) is 4. The minimum atomic E-state index is -1.17. The smallest absolute Gasteiger partial charge is 0.277 e. The van der Waals surface area contributed by atoms with Gasteiger partial charge >= 0.3 is 0 Å². The van der Waals surface area contributed by atoms with Crippen LogP contribution in [0.15, 0.2) is 30.3 Å². The Morgan fingerprint density at radius 1 is 1.30 bits per heavy atom. The van der Waals surface area contributed by atoms with Gasteiger partial charge in [0.05, 0.1) is 11.3 Å². The number of aliphatic hydroxyl groups excluding tert-OH is 1. The molecule has 5 nitrogen and oxygen atoms in total. The average Bonchev–Trinajstić information content (AvgIpc) is 2.57. The molecule has 144 valence electrons. The first kappa shape index (κ1) is 20.0. The van der Waals surface area contributed by atoms with Crippen LogP contribution in [-0.4, -0.2) is 17.3 Å². The molecule has 1 fully saturated rings. The third-order valence-electron chi connectivity index (χ3n) is 4.61. The lowest BCUT2D eigenvalue weighted by atomic mass is 9.85. The summed E-state index contributed by atoms with van der Waals surface area (Å²) in [6.07, 6.45) is 1.52. The molecule has 3 N–H and O–H groups in total. The second-order valence-electron chi connectivity index (χ2n) is 6.50. The lowest BCUT2D eigenvalue weighted by Crippen LogP contribution is -2.36. The van der Waals surface area contributed by atoms with Crippen LogP contribution >= 0.6 is 22.6 Å². The van der Waals surface area contributed by atoms with Gasteiger partial charge in [-0.1, -0.05) is 6.42 Å². The fourth-order valence-electron chi connectivity index (χ4n) is 2.75. The highest BCUT2D eigenvalue weighted by Crippen LogP contribution is 2.31. The molecule has 1 aliphatic carbocycles. The van der Waals surface area contributed by atoms with Crippen LogP contribution in [0.25, 0.3) is 0 Å². The summed E-state index contributed by atoms with van der Waals surface area (Å²) in [6, 6.07) is 7.44. The predicted octanol–water partition coefficient (Wildman–Crippen LogP) is 4.40. The van der Waals surface area contributed by atoms with Gasteiger partial charge < -0.3 is 10.4 Å². The standard InChI is InChI=1S/C19H19F2IN2O3/c1-10-9-12(22)5-8-15(10)23-17-13(6-7-14(20)16(17)21)18(25)24-27-19(26)11-3-2-4-11/h5-9,11,19,23,26H,2-4H2,1H3,(H,24,25). The molecule has 0 aliphatic heterocycles. The van der Waals surface area contributed by atoms with E-state index in [2.05, 4.69) is 33.4 Å². The van der Waals surface area contributed by atoms with E-state index in [0.717, 1.165) is 40.5 Å². The van der Waals surface area contributed by atoms with E-state index < -0.39 is 23.8 Å². The molecule has 0 bridgehead atoms. The number of amides is 1. The van der Waals surface area contributed by atoms with Crippen molar-refractivity contribution in [1.29, 1.82) is 0 Å². The summed E-state index contributed by atoms with van der Waals surface area (Å²) < 4.78 is 29.1. The van der Waals surface area contributed by atoms with Crippen LogP contribution in [0.3, 0.4) is 0 Å². The maximum absolute atomic E-state index is 14.4. The zero-order valence-electron chi connectivity index (χ0n) is 14.6. The highest BCUT2D eigenvalue weighted by Gasteiger charge is 2.28. The number of carbonyl (C=O) groups excluding carboxylic acids is 1. The van der Waals surface area contributed by atoms with Crippen LogP contribution < -0.4 is 10.8 Å². The minimum Gasteiger partial charge on any atom is -0.366 e. The first-order chi connectivity index (χ1) is 12.9. The van der Waals surface area contributed by atoms with Crippen molar-refractivity contribution in [2.24, 2.45) is 5.92 Å². The largest absolute Gasteiger partial charge is 0.366 e. The molecule has 27 heavy (non-hydrogen) atoms. The van der Waals surface area contributed by atoms with Gasteiger partial charge in [-0.2, -0.15) is 0 Å². The summed E-state index contributed by atoms with van der Waals surface area (Å²) in [6.45, 7) is 1.82. The number of carbonyl (C=O) groups is 1. The Morgan fingerprint density at radius 2 is 2.04 bits per heavy atom. The number of hydroxylamine groups is 1. The highest BCUT2D eigenvalue weighted by molar-refractivity contribution is 14.1. The zero-order chi connectivity index (χ0) is 19.6. The quantitative estimate of drug-likeness (QED) is 0.321. The van der Waals surface area contributed by atoms with Gasteiger partial charge in [-0.15, -0.1) is 0 Å². The number of hydrogen-bond donors (Lipinski definition) is 3. The number of aryl methyl sites for hydroxylation is 1. The molecule has 1 unspecified atom stereocenters. The summed E-state index contributed by atoms with van der Waals surface area (Å²) in [7, 11) is 0. The van der Waals surface area contributed by atoms with Crippen LogP contribution in [0.4, 0.5) is 20.2 Å². The molecule has 1 saturated carbocycles. The Kier molecular flexibility index (Phi) is 6.28. The molecule has 8 heteroatoms. The maximum Gasteiger partial charge on any atom is 0.277 e. The Balaban J connectivity index is 1.82. The molecule has 0 heterocycles. The lowest BCUT2D eigenvalue weighted by molar-refractivity contribution is -0.178.